The van der Waals surface area contributed by atoms with Gasteiger partial charge in [0.2, 0.25) is 5.91 Å². The van der Waals surface area contributed by atoms with Gasteiger partial charge in [0.05, 0.1) is 6.61 Å². The summed E-state index contributed by atoms with van der Waals surface area (Å²) in [6.07, 6.45) is 4.43. The third-order valence-electron chi connectivity index (χ3n) is 5.35. The molecule has 2 saturated heterocycles. The quantitative estimate of drug-likeness (QED) is 0.714. The van der Waals surface area contributed by atoms with Crippen LogP contribution in [0.2, 0.25) is 0 Å². The molecule has 1 atom stereocenters. The van der Waals surface area contributed by atoms with Crippen LogP contribution in [-0.2, 0) is 14.3 Å². The van der Waals surface area contributed by atoms with Gasteiger partial charge in [-0.05, 0) is 44.7 Å². The summed E-state index contributed by atoms with van der Waals surface area (Å²) in [6, 6.07) is 0. The van der Waals surface area contributed by atoms with E-state index in [1.165, 1.54) is 0 Å². The van der Waals surface area contributed by atoms with Gasteiger partial charge in [0.25, 0.3) is 0 Å². The average molecular weight is 338 g/mol. The first-order valence-electron chi connectivity index (χ1n) is 9.54. The highest BCUT2D eigenvalue weighted by molar-refractivity contribution is 5.83. The fourth-order valence-electron chi connectivity index (χ4n) is 3.89. The predicted molar refractivity (Wildman–Crippen MR) is 94.8 cm³/mol. The summed E-state index contributed by atoms with van der Waals surface area (Å²) in [4.78, 5) is 29.5. The molecule has 24 heavy (non-hydrogen) atoms. The number of methoxy groups -OCH3 is 1. The zero-order valence-electron chi connectivity index (χ0n) is 15.6. The number of nitrogens with zero attached hydrogens (tertiary/aromatic N) is 2. The summed E-state index contributed by atoms with van der Waals surface area (Å²) in [5.41, 5.74) is 0. The topological polar surface area (TPSA) is 49.9 Å². The van der Waals surface area contributed by atoms with Gasteiger partial charge < -0.3 is 14.5 Å². The molecule has 5 nitrogen and oxygen atoms in total. The monoisotopic (exact) mass is 338 g/mol. The van der Waals surface area contributed by atoms with Crippen molar-refractivity contribution >= 4 is 11.7 Å². The Morgan fingerprint density at radius 3 is 2.42 bits per heavy atom. The molecule has 0 aromatic heterocycles. The minimum atomic E-state index is 0.0619. The molecule has 0 aromatic carbocycles. The van der Waals surface area contributed by atoms with Crippen LogP contribution >= 0.6 is 0 Å². The summed E-state index contributed by atoms with van der Waals surface area (Å²) >= 11 is 0. The Bertz CT molecular complexity index is 417. The van der Waals surface area contributed by atoms with Gasteiger partial charge in [-0.25, -0.2) is 0 Å². The SMILES string of the molecule is COCCN1CCC(C(=O)N2CCCC(C(=O)CC(C)C)C2)CC1. The minimum Gasteiger partial charge on any atom is -0.383 e. The van der Waals surface area contributed by atoms with Crippen LogP contribution < -0.4 is 0 Å². The third kappa shape index (κ3) is 5.55. The van der Waals surface area contributed by atoms with Crippen LogP contribution in [0.4, 0.5) is 0 Å². The Hall–Kier alpha value is -0.940. The smallest absolute Gasteiger partial charge is 0.225 e. The molecule has 0 aliphatic carbocycles. The molecule has 5 heteroatoms. The van der Waals surface area contributed by atoms with E-state index in [0.29, 0.717) is 24.7 Å². The second kappa shape index (κ2) is 9.52. The van der Waals surface area contributed by atoms with Crippen LogP contribution in [-0.4, -0.2) is 67.9 Å². The summed E-state index contributed by atoms with van der Waals surface area (Å²) in [5, 5.41) is 0. The van der Waals surface area contributed by atoms with Crippen molar-refractivity contribution in [1.29, 1.82) is 0 Å². The van der Waals surface area contributed by atoms with E-state index in [-0.39, 0.29) is 17.7 Å². The van der Waals surface area contributed by atoms with Crippen LogP contribution in [0.25, 0.3) is 0 Å². The maximum atomic E-state index is 12.8. The van der Waals surface area contributed by atoms with Crippen molar-refractivity contribution in [2.45, 2.75) is 46.0 Å². The fourth-order valence-corrected chi connectivity index (χ4v) is 3.89. The highest BCUT2D eigenvalue weighted by Crippen LogP contribution is 2.25. The molecule has 2 fully saturated rings. The van der Waals surface area contributed by atoms with Gasteiger partial charge in [-0.15, -0.1) is 0 Å². The zero-order chi connectivity index (χ0) is 17.5. The fraction of sp³-hybridized carbons (Fsp3) is 0.895. The van der Waals surface area contributed by atoms with Crippen molar-refractivity contribution in [3.63, 3.8) is 0 Å². The molecule has 0 N–H and O–H groups in total. The Labute approximate surface area is 146 Å². The summed E-state index contributed by atoms with van der Waals surface area (Å²) in [6.45, 7) is 9.30. The number of amides is 1. The van der Waals surface area contributed by atoms with Crippen LogP contribution in [0.5, 0.6) is 0 Å². The molecule has 0 bridgehead atoms. The van der Waals surface area contributed by atoms with Gasteiger partial charge in [-0.3, -0.25) is 9.59 Å². The lowest BCUT2D eigenvalue weighted by molar-refractivity contribution is -0.140. The van der Waals surface area contributed by atoms with Gasteiger partial charge in [0, 0.05) is 45.0 Å². The van der Waals surface area contributed by atoms with Crippen molar-refractivity contribution < 1.29 is 14.3 Å². The van der Waals surface area contributed by atoms with E-state index < -0.39 is 0 Å². The number of hydrogen-bond donors (Lipinski definition) is 0. The van der Waals surface area contributed by atoms with E-state index >= 15 is 0 Å². The van der Waals surface area contributed by atoms with E-state index in [9.17, 15) is 9.59 Å². The van der Waals surface area contributed by atoms with Gasteiger partial charge in [-0.1, -0.05) is 13.8 Å². The second-order valence-corrected chi connectivity index (χ2v) is 7.80. The summed E-state index contributed by atoms with van der Waals surface area (Å²) in [5.74, 6) is 1.23. The Kier molecular flexibility index (Phi) is 7.69. The largest absolute Gasteiger partial charge is 0.383 e. The van der Waals surface area contributed by atoms with Gasteiger partial charge in [-0.2, -0.15) is 0 Å². The average Bonchev–Trinajstić information content (AvgIpc) is 2.59. The van der Waals surface area contributed by atoms with E-state index in [1.54, 1.807) is 7.11 Å². The molecule has 2 aliphatic heterocycles. The lowest BCUT2D eigenvalue weighted by Crippen LogP contribution is -2.47. The molecular formula is C19H34N2O3. The molecule has 138 valence electrons. The number of Topliss-reactive ketones (excluding diaryl/α,β-unsaturated/α-hetero) is 1. The highest BCUT2D eigenvalue weighted by atomic mass is 16.5. The van der Waals surface area contributed by atoms with Crippen molar-refractivity contribution in [3.8, 4) is 0 Å². The highest BCUT2D eigenvalue weighted by Gasteiger charge is 2.33. The standard InChI is InChI=1S/C19H34N2O3/c1-15(2)13-18(22)17-5-4-8-21(14-17)19(23)16-6-9-20(10-7-16)11-12-24-3/h15-17H,4-14H2,1-3H3. The molecule has 0 aromatic rings. The lowest BCUT2D eigenvalue weighted by Gasteiger charge is -2.37. The molecule has 1 unspecified atom stereocenters. The molecule has 0 saturated carbocycles. The number of ketones is 1. The third-order valence-corrected chi connectivity index (χ3v) is 5.35. The second-order valence-electron chi connectivity index (χ2n) is 7.80. The van der Waals surface area contributed by atoms with E-state index in [2.05, 4.69) is 18.7 Å². The maximum Gasteiger partial charge on any atom is 0.225 e. The predicted octanol–water partition coefficient (Wildman–Crippen LogP) is 2.20. The Balaban J connectivity index is 1.81. The first kappa shape index (κ1) is 19.4. The Morgan fingerprint density at radius 2 is 1.79 bits per heavy atom. The van der Waals surface area contributed by atoms with Crippen molar-refractivity contribution in [3.05, 3.63) is 0 Å². The van der Waals surface area contributed by atoms with E-state index in [4.69, 9.17) is 4.74 Å². The molecule has 0 radical (unpaired) electrons. The normalized spacial score (nSPS) is 23.7. The maximum absolute atomic E-state index is 12.8. The number of ether oxygens (including phenoxy) is 1. The van der Waals surface area contributed by atoms with Gasteiger partial charge in [0.1, 0.15) is 5.78 Å². The number of carbonyl (C=O) groups excluding carboxylic acids is 2. The minimum absolute atomic E-state index is 0.0619. The zero-order valence-corrected chi connectivity index (χ0v) is 15.6. The van der Waals surface area contributed by atoms with Gasteiger partial charge >= 0.3 is 0 Å². The first-order valence-corrected chi connectivity index (χ1v) is 9.54. The van der Waals surface area contributed by atoms with Gasteiger partial charge in [0.15, 0.2) is 0 Å². The molecule has 2 rings (SSSR count). The number of rotatable bonds is 7. The summed E-state index contributed by atoms with van der Waals surface area (Å²) in [7, 11) is 1.73. The number of hydrogen-bond acceptors (Lipinski definition) is 4. The van der Waals surface area contributed by atoms with Crippen LogP contribution in [0, 0.1) is 17.8 Å². The summed E-state index contributed by atoms with van der Waals surface area (Å²) < 4.78 is 5.13. The van der Waals surface area contributed by atoms with Crippen LogP contribution in [0.1, 0.15) is 46.0 Å². The van der Waals surface area contributed by atoms with Crippen molar-refractivity contribution in [2.75, 3.05) is 46.4 Å². The molecule has 2 heterocycles. The molecule has 2 aliphatic rings. The van der Waals surface area contributed by atoms with Crippen LogP contribution in [0.3, 0.4) is 0 Å². The molecule has 0 spiro atoms. The van der Waals surface area contributed by atoms with Crippen molar-refractivity contribution in [1.82, 2.24) is 9.80 Å². The Morgan fingerprint density at radius 1 is 1.08 bits per heavy atom. The number of likely N-dealkylation sites (tertiary alicyclic amines) is 2. The first-order chi connectivity index (χ1) is 11.5. The lowest BCUT2D eigenvalue weighted by atomic mass is 9.88. The number of carbonyl (C=O) groups is 2. The molecular weight excluding hydrogens is 304 g/mol. The molecule has 1 amide bonds. The van der Waals surface area contributed by atoms with E-state index in [1.807, 2.05) is 4.90 Å². The number of piperidine rings is 2. The van der Waals surface area contributed by atoms with E-state index in [0.717, 1.165) is 58.5 Å². The van der Waals surface area contributed by atoms with Crippen molar-refractivity contribution in [2.24, 2.45) is 17.8 Å². The van der Waals surface area contributed by atoms with Crippen LogP contribution in [0.15, 0.2) is 0 Å².